The molecular weight excluding hydrogens is 408 g/mol. The summed E-state index contributed by atoms with van der Waals surface area (Å²) < 4.78 is 2.34. The van der Waals surface area contributed by atoms with Crippen molar-refractivity contribution in [2.75, 3.05) is 13.1 Å². The highest BCUT2D eigenvalue weighted by molar-refractivity contribution is 5.95. The fourth-order valence-corrected chi connectivity index (χ4v) is 4.99. The third-order valence-corrected chi connectivity index (χ3v) is 6.60. The van der Waals surface area contributed by atoms with Crippen LogP contribution in [0.25, 0.3) is 22.3 Å². The number of aromatic nitrogens is 3. The predicted octanol–water partition coefficient (Wildman–Crippen LogP) is 6.01. The van der Waals surface area contributed by atoms with Gasteiger partial charge in [-0.2, -0.15) is 0 Å². The standard InChI is InChI=1S/C28H30N4O/c1-19(2)32-26-14-8-7-13-25(26)30-27(32)22-12-9-17-31(18-22)28(33)23-15-16-24(29-20(23)3)21-10-5-4-6-11-21/h4-8,10-11,13-16,19,22H,9,12,17-18H2,1-3H3. The summed E-state index contributed by atoms with van der Waals surface area (Å²) in [4.78, 5) is 25.2. The van der Waals surface area contributed by atoms with Gasteiger partial charge in [0.2, 0.25) is 0 Å². The zero-order chi connectivity index (χ0) is 22.9. The van der Waals surface area contributed by atoms with E-state index in [1.807, 2.05) is 60.4 Å². The molecule has 0 N–H and O–H groups in total. The molecule has 0 saturated carbocycles. The number of carbonyl (C=O) groups is 1. The van der Waals surface area contributed by atoms with Gasteiger partial charge in [0.05, 0.1) is 28.0 Å². The van der Waals surface area contributed by atoms with Gasteiger partial charge in [-0.15, -0.1) is 0 Å². The van der Waals surface area contributed by atoms with Gasteiger partial charge < -0.3 is 9.47 Å². The lowest BCUT2D eigenvalue weighted by molar-refractivity contribution is 0.0702. The summed E-state index contributed by atoms with van der Waals surface area (Å²) in [5.74, 6) is 1.39. The van der Waals surface area contributed by atoms with Crippen LogP contribution in [0.2, 0.25) is 0 Å². The van der Waals surface area contributed by atoms with Crippen molar-refractivity contribution in [3.05, 3.63) is 83.8 Å². The van der Waals surface area contributed by atoms with Crippen LogP contribution in [0.1, 0.15) is 60.5 Å². The molecule has 1 aliphatic rings. The Morgan fingerprint density at radius 2 is 1.73 bits per heavy atom. The van der Waals surface area contributed by atoms with E-state index in [1.165, 1.54) is 5.52 Å². The third kappa shape index (κ3) is 4.04. The van der Waals surface area contributed by atoms with Crippen molar-refractivity contribution in [3.63, 3.8) is 0 Å². The number of piperidine rings is 1. The number of hydrogen-bond acceptors (Lipinski definition) is 3. The van der Waals surface area contributed by atoms with Crippen LogP contribution in [-0.4, -0.2) is 38.4 Å². The smallest absolute Gasteiger partial charge is 0.255 e. The molecule has 0 radical (unpaired) electrons. The third-order valence-electron chi connectivity index (χ3n) is 6.60. The molecule has 2 aromatic carbocycles. The van der Waals surface area contributed by atoms with Crippen LogP contribution in [0.15, 0.2) is 66.7 Å². The highest BCUT2D eigenvalue weighted by atomic mass is 16.2. The average molecular weight is 439 g/mol. The Morgan fingerprint density at radius 3 is 2.48 bits per heavy atom. The van der Waals surface area contributed by atoms with Crippen molar-refractivity contribution in [1.82, 2.24) is 19.4 Å². The van der Waals surface area contributed by atoms with Crippen molar-refractivity contribution in [3.8, 4) is 11.3 Å². The first-order valence-electron chi connectivity index (χ1n) is 11.8. The Kier molecular flexibility index (Phi) is 5.71. The molecule has 1 aliphatic heterocycles. The Labute approximate surface area is 195 Å². The van der Waals surface area contributed by atoms with Crippen molar-refractivity contribution >= 4 is 16.9 Å². The highest BCUT2D eigenvalue weighted by Crippen LogP contribution is 2.32. The first-order chi connectivity index (χ1) is 16.0. The molecule has 1 unspecified atom stereocenters. The predicted molar refractivity (Wildman–Crippen MR) is 132 cm³/mol. The zero-order valence-electron chi connectivity index (χ0n) is 19.5. The van der Waals surface area contributed by atoms with E-state index < -0.39 is 0 Å². The maximum atomic E-state index is 13.5. The number of nitrogens with zero attached hydrogens (tertiary/aromatic N) is 4. The molecule has 1 atom stereocenters. The van der Waals surface area contributed by atoms with Crippen molar-refractivity contribution in [1.29, 1.82) is 0 Å². The number of amides is 1. The Balaban J connectivity index is 1.41. The van der Waals surface area contributed by atoms with Crippen LogP contribution in [0.5, 0.6) is 0 Å². The van der Waals surface area contributed by atoms with E-state index in [4.69, 9.17) is 9.97 Å². The van der Waals surface area contributed by atoms with Crippen LogP contribution < -0.4 is 0 Å². The molecule has 1 fully saturated rings. The number of fused-ring (bicyclic) bond motifs is 1. The van der Waals surface area contributed by atoms with E-state index in [1.54, 1.807) is 0 Å². The number of imidazole rings is 1. The van der Waals surface area contributed by atoms with Gasteiger partial charge in [-0.3, -0.25) is 9.78 Å². The van der Waals surface area contributed by atoms with E-state index in [9.17, 15) is 4.79 Å². The van der Waals surface area contributed by atoms with Gasteiger partial charge in [-0.1, -0.05) is 42.5 Å². The Morgan fingerprint density at radius 1 is 0.970 bits per heavy atom. The molecule has 0 bridgehead atoms. The van der Waals surface area contributed by atoms with Crippen LogP contribution in [0, 0.1) is 6.92 Å². The van der Waals surface area contributed by atoms with Crippen LogP contribution >= 0.6 is 0 Å². The lowest BCUT2D eigenvalue weighted by atomic mass is 9.96. The van der Waals surface area contributed by atoms with E-state index in [-0.39, 0.29) is 11.8 Å². The number of hydrogen-bond donors (Lipinski definition) is 0. The molecule has 5 rings (SSSR count). The molecule has 33 heavy (non-hydrogen) atoms. The molecule has 0 spiro atoms. The second kappa shape index (κ2) is 8.81. The summed E-state index contributed by atoms with van der Waals surface area (Å²) in [5, 5.41) is 0. The minimum atomic E-state index is 0.0662. The van der Waals surface area contributed by atoms with Crippen molar-refractivity contribution in [2.24, 2.45) is 0 Å². The van der Waals surface area contributed by atoms with Gasteiger partial charge in [0, 0.05) is 30.6 Å². The van der Waals surface area contributed by atoms with Gasteiger partial charge in [0.15, 0.2) is 0 Å². The minimum absolute atomic E-state index is 0.0662. The molecule has 5 nitrogen and oxygen atoms in total. The van der Waals surface area contributed by atoms with E-state index >= 15 is 0 Å². The largest absolute Gasteiger partial charge is 0.338 e. The normalized spacial score (nSPS) is 16.5. The summed E-state index contributed by atoms with van der Waals surface area (Å²) in [6, 6.07) is 22.6. The fourth-order valence-electron chi connectivity index (χ4n) is 4.99. The summed E-state index contributed by atoms with van der Waals surface area (Å²) in [5.41, 5.74) is 5.62. The zero-order valence-corrected chi connectivity index (χ0v) is 19.5. The number of para-hydroxylation sites is 2. The molecule has 0 aliphatic carbocycles. The molecule has 1 saturated heterocycles. The summed E-state index contributed by atoms with van der Waals surface area (Å²) in [6.45, 7) is 7.80. The number of aryl methyl sites for hydroxylation is 1. The lowest BCUT2D eigenvalue weighted by Gasteiger charge is -2.33. The maximum absolute atomic E-state index is 13.5. The molecule has 2 aromatic heterocycles. The van der Waals surface area contributed by atoms with Crippen LogP contribution in [0.3, 0.4) is 0 Å². The Hall–Kier alpha value is -3.47. The minimum Gasteiger partial charge on any atom is -0.338 e. The summed E-state index contributed by atoms with van der Waals surface area (Å²) in [6.07, 6.45) is 2.02. The van der Waals surface area contributed by atoms with E-state index in [2.05, 4.69) is 36.6 Å². The quantitative estimate of drug-likeness (QED) is 0.392. The number of benzene rings is 2. The molecule has 1 amide bonds. The van der Waals surface area contributed by atoms with Crippen molar-refractivity contribution in [2.45, 2.75) is 45.6 Å². The van der Waals surface area contributed by atoms with Crippen LogP contribution in [-0.2, 0) is 0 Å². The average Bonchev–Trinajstić information content (AvgIpc) is 3.24. The Bertz CT molecular complexity index is 1290. The first-order valence-corrected chi connectivity index (χ1v) is 11.8. The van der Waals surface area contributed by atoms with Gasteiger partial charge in [-0.25, -0.2) is 4.98 Å². The number of rotatable bonds is 4. The molecule has 4 aromatic rings. The van der Waals surface area contributed by atoms with Gasteiger partial charge >= 0.3 is 0 Å². The van der Waals surface area contributed by atoms with Gasteiger partial charge in [0.25, 0.3) is 5.91 Å². The second-order valence-electron chi connectivity index (χ2n) is 9.21. The van der Waals surface area contributed by atoms with E-state index in [0.29, 0.717) is 18.2 Å². The van der Waals surface area contributed by atoms with Crippen LogP contribution in [0.4, 0.5) is 0 Å². The van der Waals surface area contributed by atoms with Gasteiger partial charge in [-0.05, 0) is 57.9 Å². The summed E-state index contributed by atoms with van der Waals surface area (Å²) >= 11 is 0. The maximum Gasteiger partial charge on any atom is 0.255 e. The molecule has 5 heteroatoms. The monoisotopic (exact) mass is 438 g/mol. The number of pyridine rings is 1. The molecule has 3 heterocycles. The second-order valence-corrected chi connectivity index (χ2v) is 9.21. The topological polar surface area (TPSA) is 51.0 Å². The first kappa shape index (κ1) is 21.4. The number of likely N-dealkylation sites (tertiary alicyclic amines) is 1. The van der Waals surface area contributed by atoms with Crippen molar-refractivity contribution < 1.29 is 4.79 Å². The summed E-state index contributed by atoms with van der Waals surface area (Å²) in [7, 11) is 0. The fraction of sp³-hybridized carbons (Fsp3) is 0.321. The number of carbonyl (C=O) groups excluding carboxylic acids is 1. The SMILES string of the molecule is Cc1nc(-c2ccccc2)ccc1C(=O)N1CCCC(c2nc3ccccc3n2C(C)C)C1. The highest BCUT2D eigenvalue weighted by Gasteiger charge is 2.30. The molecule has 168 valence electrons. The van der Waals surface area contributed by atoms with E-state index in [0.717, 1.165) is 47.7 Å². The molecular formula is C28H30N4O. The van der Waals surface area contributed by atoms with Gasteiger partial charge in [0.1, 0.15) is 5.82 Å². The lowest BCUT2D eigenvalue weighted by Crippen LogP contribution is -2.40.